The maximum absolute atomic E-state index is 13.3. The number of para-hydroxylation sites is 1. The van der Waals surface area contributed by atoms with Crippen molar-refractivity contribution < 1.29 is 13.9 Å². The second kappa shape index (κ2) is 9.41. The van der Waals surface area contributed by atoms with E-state index in [4.69, 9.17) is 4.74 Å². The Morgan fingerprint density at radius 1 is 1.14 bits per heavy atom. The quantitative estimate of drug-likeness (QED) is 0.601. The maximum Gasteiger partial charge on any atom is 0.257 e. The van der Waals surface area contributed by atoms with Gasteiger partial charge in [0.2, 0.25) is 0 Å². The number of hydrogen-bond donors (Lipinski definition) is 2. The van der Waals surface area contributed by atoms with Crippen molar-refractivity contribution in [3.05, 3.63) is 30.1 Å². The lowest BCUT2D eigenvalue weighted by Crippen LogP contribution is -2.38. The van der Waals surface area contributed by atoms with E-state index in [1.807, 2.05) is 0 Å². The molecule has 1 aliphatic carbocycles. The number of amides is 1. The van der Waals surface area contributed by atoms with Gasteiger partial charge in [-0.05, 0) is 25.0 Å². The zero-order chi connectivity index (χ0) is 15.6. The number of ether oxygens (including phenoxy) is 1. The summed E-state index contributed by atoms with van der Waals surface area (Å²) in [5, 5.41) is 6.26. The van der Waals surface area contributed by atoms with Gasteiger partial charge in [0, 0.05) is 19.1 Å². The minimum Gasteiger partial charge on any atom is -0.481 e. The standard InChI is InChI=1S/C17H25FN2O2/c18-15-9-5-6-10-16(15)22-13-17(21)20-12-11-19-14-7-3-1-2-4-8-14/h5-6,9-10,14,19H,1-4,7-8,11-13H2,(H,20,21). The highest BCUT2D eigenvalue weighted by Gasteiger charge is 2.11. The third-order valence-corrected chi connectivity index (χ3v) is 3.93. The fourth-order valence-corrected chi connectivity index (χ4v) is 2.72. The lowest BCUT2D eigenvalue weighted by atomic mass is 10.1. The van der Waals surface area contributed by atoms with Crippen LogP contribution >= 0.6 is 0 Å². The van der Waals surface area contributed by atoms with E-state index in [0.717, 1.165) is 6.54 Å². The summed E-state index contributed by atoms with van der Waals surface area (Å²) in [5.74, 6) is -0.578. The third kappa shape index (κ3) is 6.02. The number of carbonyl (C=O) groups excluding carboxylic acids is 1. The molecule has 0 aromatic heterocycles. The summed E-state index contributed by atoms with van der Waals surface area (Å²) in [7, 11) is 0. The largest absolute Gasteiger partial charge is 0.481 e. The van der Waals surface area contributed by atoms with Crippen LogP contribution in [0.3, 0.4) is 0 Å². The summed E-state index contributed by atoms with van der Waals surface area (Å²) < 4.78 is 18.5. The van der Waals surface area contributed by atoms with Crippen molar-refractivity contribution in [3.8, 4) is 5.75 Å². The van der Waals surface area contributed by atoms with E-state index in [1.165, 1.54) is 50.7 Å². The van der Waals surface area contributed by atoms with Crippen molar-refractivity contribution in [2.24, 2.45) is 0 Å². The molecule has 1 aromatic carbocycles. The molecule has 2 N–H and O–H groups in total. The fourth-order valence-electron chi connectivity index (χ4n) is 2.72. The van der Waals surface area contributed by atoms with Gasteiger partial charge >= 0.3 is 0 Å². The first-order chi connectivity index (χ1) is 10.8. The third-order valence-electron chi connectivity index (χ3n) is 3.93. The maximum atomic E-state index is 13.3. The number of halogens is 1. The Morgan fingerprint density at radius 3 is 2.59 bits per heavy atom. The number of hydrogen-bond acceptors (Lipinski definition) is 3. The van der Waals surface area contributed by atoms with Gasteiger partial charge in [0.25, 0.3) is 5.91 Å². The number of benzene rings is 1. The van der Waals surface area contributed by atoms with Gasteiger partial charge in [0.15, 0.2) is 18.2 Å². The number of nitrogens with one attached hydrogen (secondary N) is 2. The molecule has 5 heteroatoms. The van der Waals surface area contributed by atoms with Crippen molar-refractivity contribution in [1.82, 2.24) is 10.6 Å². The predicted octanol–water partition coefficient (Wildman–Crippen LogP) is 2.63. The molecule has 1 amide bonds. The number of rotatable bonds is 7. The van der Waals surface area contributed by atoms with Gasteiger partial charge in [-0.3, -0.25) is 4.79 Å². The average molecular weight is 308 g/mol. The van der Waals surface area contributed by atoms with E-state index >= 15 is 0 Å². The van der Waals surface area contributed by atoms with Crippen LogP contribution < -0.4 is 15.4 Å². The van der Waals surface area contributed by atoms with Crippen LogP contribution in [0.25, 0.3) is 0 Å². The van der Waals surface area contributed by atoms with Crippen molar-refractivity contribution >= 4 is 5.91 Å². The molecule has 0 spiro atoms. The summed E-state index contributed by atoms with van der Waals surface area (Å²) in [4.78, 5) is 11.6. The van der Waals surface area contributed by atoms with Gasteiger partial charge in [-0.2, -0.15) is 0 Å². The second-order valence-corrected chi connectivity index (χ2v) is 5.71. The van der Waals surface area contributed by atoms with E-state index in [1.54, 1.807) is 12.1 Å². The highest BCUT2D eigenvalue weighted by atomic mass is 19.1. The van der Waals surface area contributed by atoms with Crippen LogP contribution in [-0.4, -0.2) is 31.6 Å². The van der Waals surface area contributed by atoms with Gasteiger partial charge in [-0.1, -0.05) is 37.8 Å². The molecule has 1 saturated carbocycles. The number of carbonyl (C=O) groups is 1. The molecule has 0 atom stereocenters. The lowest BCUT2D eigenvalue weighted by molar-refractivity contribution is -0.123. The van der Waals surface area contributed by atoms with Crippen molar-refractivity contribution in [1.29, 1.82) is 0 Å². The molecule has 0 saturated heterocycles. The van der Waals surface area contributed by atoms with Gasteiger partial charge < -0.3 is 15.4 Å². The molecule has 0 bridgehead atoms. The summed E-state index contributed by atoms with van der Waals surface area (Å²) in [6.45, 7) is 1.16. The Morgan fingerprint density at radius 2 is 1.86 bits per heavy atom. The molecular formula is C17H25FN2O2. The van der Waals surface area contributed by atoms with Crippen LogP contribution in [0.4, 0.5) is 4.39 Å². The Kier molecular flexibility index (Phi) is 7.16. The highest BCUT2D eigenvalue weighted by Crippen LogP contribution is 2.17. The minimum atomic E-state index is -0.453. The Labute approximate surface area is 131 Å². The van der Waals surface area contributed by atoms with Crippen LogP contribution in [0, 0.1) is 5.82 Å². The summed E-state index contributed by atoms with van der Waals surface area (Å²) in [6.07, 6.45) is 7.71. The second-order valence-electron chi connectivity index (χ2n) is 5.71. The zero-order valence-corrected chi connectivity index (χ0v) is 12.9. The normalized spacial score (nSPS) is 16.0. The smallest absolute Gasteiger partial charge is 0.257 e. The first kappa shape index (κ1) is 16.7. The Balaban J connectivity index is 1.57. The van der Waals surface area contributed by atoms with Gasteiger partial charge in [0.1, 0.15) is 0 Å². The van der Waals surface area contributed by atoms with Crippen LogP contribution in [0.5, 0.6) is 5.75 Å². The molecule has 0 heterocycles. The predicted molar refractivity (Wildman–Crippen MR) is 84.4 cm³/mol. The Bertz CT molecular complexity index is 460. The molecule has 0 aliphatic heterocycles. The molecule has 22 heavy (non-hydrogen) atoms. The van der Waals surface area contributed by atoms with E-state index in [0.29, 0.717) is 12.6 Å². The first-order valence-electron chi connectivity index (χ1n) is 8.13. The van der Waals surface area contributed by atoms with Gasteiger partial charge in [-0.15, -0.1) is 0 Å². The summed E-state index contributed by atoms with van der Waals surface area (Å²) >= 11 is 0. The van der Waals surface area contributed by atoms with Crippen LogP contribution in [0.1, 0.15) is 38.5 Å². The van der Waals surface area contributed by atoms with E-state index in [-0.39, 0.29) is 18.3 Å². The monoisotopic (exact) mass is 308 g/mol. The molecular weight excluding hydrogens is 283 g/mol. The first-order valence-corrected chi connectivity index (χ1v) is 8.13. The molecule has 1 fully saturated rings. The van der Waals surface area contributed by atoms with Gasteiger partial charge in [-0.25, -0.2) is 4.39 Å². The highest BCUT2D eigenvalue weighted by molar-refractivity contribution is 5.77. The summed E-state index contributed by atoms with van der Waals surface area (Å²) in [6, 6.07) is 6.66. The van der Waals surface area contributed by atoms with Crippen molar-refractivity contribution in [3.63, 3.8) is 0 Å². The van der Waals surface area contributed by atoms with Gasteiger partial charge in [0.05, 0.1) is 0 Å². The minimum absolute atomic E-state index is 0.106. The zero-order valence-electron chi connectivity index (χ0n) is 12.9. The van der Waals surface area contributed by atoms with Crippen molar-refractivity contribution in [2.45, 2.75) is 44.6 Å². The topological polar surface area (TPSA) is 50.4 Å². The van der Waals surface area contributed by atoms with Crippen molar-refractivity contribution in [2.75, 3.05) is 19.7 Å². The van der Waals surface area contributed by atoms with Crippen LogP contribution in [0.2, 0.25) is 0 Å². The molecule has 0 unspecified atom stereocenters. The van der Waals surface area contributed by atoms with Crippen LogP contribution in [0.15, 0.2) is 24.3 Å². The molecule has 0 radical (unpaired) electrons. The average Bonchev–Trinajstić information content (AvgIpc) is 2.79. The molecule has 1 aliphatic rings. The lowest BCUT2D eigenvalue weighted by Gasteiger charge is -2.16. The van der Waals surface area contributed by atoms with Crippen LogP contribution in [-0.2, 0) is 4.79 Å². The molecule has 4 nitrogen and oxygen atoms in total. The van der Waals surface area contributed by atoms with E-state index in [9.17, 15) is 9.18 Å². The Hall–Kier alpha value is -1.62. The SMILES string of the molecule is O=C(COc1ccccc1F)NCCNC1CCCCCC1. The summed E-state index contributed by atoms with van der Waals surface area (Å²) in [5.41, 5.74) is 0. The molecule has 122 valence electrons. The molecule has 1 aromatic rings. The fraction of sp³-hybridized carbons (Fsp3) is 0.588. The van der Waals surface area contributed by atoms with E-state index in [2.05, 4.69) is 10.6 Å². The van der Waals surface area contributed by atoms with E-state index < -0.39 is 5.82 Å². The molecule has 2 rings (SSSR count).